The SMILES string of the molecule is CCCC[C](CCCC)(CCCC)[Sn][c]1nccnc1C(=O)N(C)CC. The fourth-order valence-electron chi connectivity index (χ4n) is 3.27. The Morgan fingerprint density at radius 1 is 0.962 bits per heavy atom. The van der Waals surface area contributed by atoms with Crippen molar-refractivity contribution in [3.05, 3.63) is 18.1 Å². The Kier molecular flexibility index (Phi) is 11.4. The van der Waals surface area contributed by atoms with Crippen LogP contribution in [0.5, 0.6) is 0 Å². The summed E-state index contributed by atoms with van der Waals surface area (Å²) in [5.74, 6) is 0.0341. The molecule has 0 unspecified atom stereocenters. The predicted molar refractivity (Wildman–Crippen MR) is 111 cm³/mol. The molecule has 0 saturated carbocycles. The van der Waals surface area contributed by atoms with Crippen LogP contribution in [0.3, 0.4) is 0 Å². The summed E-state index contributed by atoms with van der Waals surface area (Å²) < 4.78 is 1.48. The topological polar surface area (TPSA) is 46.1 Å². The zero-order valence-electron chi connectivity index (χ0n) is 17.5. The van der Waals surface area contributed by atoms with Crippen molar-refractivity contribution in [1.82, 2.24) is 14.9 Å². The predicted octanol–water partition coefficient (Wildman–Crippen LogP) is 4.63. The Morgan fingerprint density at radius 2 is 1.46 bits per heavy atom. The van der Waals surface area contributed by atoms with Crippen LogP contribution in [0.15, 0.2) is 12.4 Å². The van der Waals surface area contributed by atoms with Gasteiger partial charge in [-0.25, -0.2) is 0 Å². The van der Waals surface area contributed by atoms with Gasteiger partial charge in [0.1, 0.15) is 0 Å². The van der Waals surface area contributed by atoms with Gasteiger partial charge in [0.2, 0.25) is 0 Å². The van der Waals surface area contributed by atoms with Gasteiger partial charge in [0.15, 0.2) is 0 Å². The minimum atomic E-state index is -1.05. The first-order chi connectivity index (χ1) is 12.5. The minimum absolute atomic E-state index is 0.0341. The van der Waals surface area contributed by atoms with E-state index < -0.39 is 21.1 Å². The van der Waals surface area contributed by atoms with Gasteiger partial charge in [-0.15, -0.1) is 0 Å². The molecule has 1 rings (SSSR count). The first kappa shape index (κ1) is 23.4. The van der Waals surface area contributed by atoms with E-state index in [4.69, 9.17) is 4.98 Å². The summed E-state index contributed by atoms with van der Waals surface area (Å²) in [6.07, 6.45) is 14.9. The van der Waals surface area contributed by atoms with Gasteiger partial charge in [-0.2, -0.15) is 0 Å². The molecule has 1 heterocycles. The second-order valence-electron chi connectivity index (χ2n) is 7.29. The summed E-state index contributed by atoms with van der Waals surface area (Å²) in [6.45, 7) is 9.54. The molecule has 1 amide bonds. The maximum atomic E-state index is 12.8. The summed E-state index contributed by atoms with van der Waals surface area (Å²) in [5, 5.41) is 0. The molecule has 0 spiro atoms. The molecule has 1 aromatic rings. The number of unbranched alkanes of at least 4 members (excludes halogenated alkanes) is 3. The van der Waals surface area contributed by atoms with Gasteiger partial charge in [-0.1, -0.05) is 0 Å². The van der Waals surface area contributed by atoms with E-state index in [0.29, 0.717) is 15.7 Å². The van der Waals surface area contributed by atoms with Crippen molar-refractivity contribution < 1.29 is 4.79 Å². The summed E-state index contributed by atoms with van der Waals surface area (Å²) in [6, 6.07) is 0. The molecule has 0 aliphatic carbocycles. The molecule has 146 valence electrons. The van der Waals surface area contributed by atoms with Crippen LogP contribution in [-0.2, 0) is 0 Å². The van der Waals surface area contributed by atoms with E-state index in [1.807, 2.05) is 14.0 Å². The zero-order chi connectivity index (χ0) is 19.4. The summed E-state index contributed by atoms with van der Waals surface area (Å²) in [5.41, 5.74) is 0.623. The second kappa shape index (κ2) is 12.7. The molecule has 0 fully saturated rings. The van der Waals surface area contributed by atoms with E-state index >= 15 is 0 Å². The maximum absolute atomic E-state index is 12.8. The third kappa shape index (κ3) is 7.16. The molecule has 26 heavy (non-hydrogen) atoms. The Hall–Kier alpha value is -0.651. The Bertz CT molecular complexity index is 514. The van der Waals surface area contributed by atoms with Gasteiger partial charge in [0, 0.05) is 0 Å². The molecular formula is C21H37N3OSn. The molecule has 0 aromatic carbocycles. The van der Waals surface area contributed by atoms with Gasteiger partial charge >= 0.3 is 171 Å². The molecule has 0 saturated heterocycles. The van der Waals surface area contributed by atoms with E-state index in [1.54, 1.807) is 17.3 Å². The van der Waals surface area contributed by atoms with Crippen molar-refractivity contribution in [3.8, 4) is 0 Å². The van der Waals surface area contributed by atoms with Gasteiger partial charge in [0.25, 0.3) is 0 Å². The Morgan fingerprint density at radius 3 is 1.92 bits per heavy atom. The van der Waals surface area contributed by atoms with Gasteiger partial charge in [-0.3, -0.25) is 0 Å². The molecule has 0 atom stereocenters. The van der Waals surface area contributed by atoms with Crippen molar-refractivity contribution in [2.45, 2.75) is 88.9 Å². The van der Waals surface area contributed by atoms with Gasteiger partial charge in [0.05, 0.1) is 0 Å². The van der Waals surface area contributed by atoms with Crippen molar-refractivity contribution in [3.63, 3.8) is 0 Å². The zero-order valence-corrected chi connectivity index (χ0v) is 20.3. The third-order valence-electron chi connectivity index (χ3n) is 5.13. The molecule has 1 aromatic heterocycles. The van der Waals surface area contributed by atoms with Crippen LogP contribution in [0.25, 0.3) is 0 Å². The van der Waals surface area contributed by atoms with Crippen LogP contribution in [0, 0.1) is 0 Å². The number of carbonyl (C=O) groups excluding carboxylic acids is 1. The average Bonchev–Trinajstić information content (AvgIpc) is 2.68. The number of hydrogen-bond donors (Lipinski definition) is 0. The van der Waals surface area contributed by atoms with E-state index in [-0.39, 0.29) is 5.91 Å². The van der Waals surface area contributed by atoms with Crippen LogP contribution < -0.4 is 3.71 Å². The molecule has 0 N–H and O–H groups in total. The first-order valence-electron chi connectivity index (χ1n) is 10.4. The molecule has 0 bridgehead atoms. The number of hydrogen-bond acceptors (Lipinski definition) is 3. The first-order valence-corrected chi connectivity index (χ1v) is 13.2. The quantitative estimate of drug-likeness (QED) is 0.399. The van der Waals surface area contributed by atoms with Crippen molar-refractivity contribution in [2.75, 3.05) is 13.6 Å². The van der Waals surface area contributed by atoms with Gasteiger partial charge < -0.3 is 0 Å². The third-order valence-corrected chi connectivity index (χ3v) is 10.5. The van der Waals surface area contributed by atoms with E-state index in [9.17, 15) is 4.79 Å². The Balaban J connectivity index is 3.17. The van der Waals surface area contributed by atoms with Crippen LogP contribution in [0.1, 0.15) is 96.0 Å². The van der Waals surface area contributed by atoms with Crippen molar-refractivity contribution >= 4 is 30.8 Å². The van der Waals surface area contributed by atoms with E-state index in [2.05, 4.69) is 25.8 Å². The van der Waals surface area contributed by atoms with Crippen LogP contribution in [-0.4, -0.2) is 55.5 Å². The van der Waals surface area contributed by atoms with Crippen LogP contribution >= 0.6 is 0 Å². The molecular weight excluding hydrogens is 429 g/mol. The van der Waals surface area contributed by atoms with Crippen molar-refractivity contribution in [1.29, 1.82) is 0 Å². The number of aromatic nitrogens is 2. The average molecular weight is 466 g/mol. The van der Waals surface area contributed by atoms with Gasteiger partial charge in [-0.05, 0) is 0 Å². The molecule has 5 heteroatoms. The molecule has 0 aliphatic heterocycles. The number of rotatable bonds is 13. The second-order valence-corrected chi connectivity index (χ2v) is 12.4. The van der Waals surface area contributed by atoms with Crippen LogP contribution in [0.2, 0.25) is 3.43 Å². The molecule has 4 nitrogen and oxygen atoms in total. The standard InChI is InChI=1S/C13H27.C8H10N3O.Sn/c1-4-7-10-13(11-8-5-2)12-9-6-3;1-3-11(2)8(12)7-6-9-4-5-10-7;/h4-12H2,1-3H3;4-5H,3H2,1-2H3;. The summed E-state index contributed by atoms with van der Waals surface area (Å²) >= 11 is -1.05. The van der Waals surface area contributed by atoms with E-state index in [1.165, 1.54) is 57.8 Å². The number of carbonyl (C=O) groups is 1. The summed E-state index contributed by atoms with van der Waals surface area (Å²) in [7, 11) is 1.85. The van der Waals surface area contributed by atoms with Crippen LogP contribution in [0.4, 0.5) is 0 Å². The van der Waals surface area contributed by atoms with Crippen molar-refractivity contribution in [2.24, 2.45) is 0 Å². The monoisotopic (exact) mass is 467 g/mol. The fourth-order valence-corrected chi connectivity index (χ4v) is 8.51. The molecule has 0 aliphatic rings. The summed E-state index contributed by atoms with van der Waals surface area (Å²) in [4.78, 5) is 23.7. The number of nitrogens with zero attached hydrogens (tertiary/aromatic N) is 3. The Labute approximate surface area is 170 Å². The fraction of sp³-hybridized carbons (Fsp3) is 0.762. The van der Waals surface area contributed by atoms with E-state index in [0.717, 1.165) is 3.71 Å². The normalized spacial score (nSPS) is 11.6. The molecule has 2 radical (unpaired) electrons. The number of amides is 1.